The zero-order valence-corrected chi connectivity index (χ0v) is 14.1. The molecule has 0 saturated heterocycles. The molecule has 0 aliphatic heterocycles. The molecular formula is C16H19BrO5. The lowest BCUT2D eigenvalue weighted by Gasteiger charge is -2.05. The number of halogens is 1. The Bertz CT molecular complexity index is 527. The number of benzene rings is 1. The van der Waals surface area contributed by atoms with Gasteiger partial charge in [0.25, 0.3) is 0 Å². The van der Waals surface area contributed by atoms with Crippen LogP contribution >= 0.6 is 15.9 Å². The van der Waals surface area contributed by atoms with E-state index in [2.05, 4.69) is 15.9 Å². The maximum absolute atomic E-state index is 11.9. The summed E-state index contributed by atoms with van der Waals surface area (Å²) in [5.41, 5.74) is 0.628. The van der Waals surface area contributed by atoms with Crippen LogP contribution in [-0.2, 0) is 19.1 Å². The molecule has 0 bridgehead atoms. The van der Waals surface area contributed by atoms with Gasteiger partial charge in [-0.15, -0.1) is 0 Å². The molecule has 0 fully saturated rings. The van der Waals surface area contributed by atoms with Crippen molar-refractivity contribution in [2.75, 3.05) is 13.2 Å². The van der Waals surface area contributed by atoms with Crippen LogP contribution in [0.1, 0.15) is 43.0 Å². The lowest BCUT2D eigenvalue weighted by molar-refractivity contribution is -0.150. The maximum Gasteiger partial charge on any atom is 0.306 e. The van der Waals surface area contributed by atoms with Crippen molar-refractivity contribution >= 4 is 33.7 Å². The van der Waals surface area contributed by atoms with E-state index >= 15 is 0 Å². The molecule has 1 rings (SSSR count). The van der Waals surface area contributed by atoms with Crippen LogP contribution in [0, 0.1) is 0 Å². The number of rotatable bonds is 9. The number of carbonyl (C=O) groups is 3. The first-order chi connectivity index (χ1) is 10.5. The van der Waals surface area contributed by atoms with Gasteiger partial charge in [0.15, 0.2) is 5.78 Å². The van der Waals surface area contributed by atoms with E-state index in [0.29, 0.717) is 25.0 Å². The fourth-order valence-corrected chi connectivity index (χ4v) is 2.13. The van der Waals surface area contributed by atoms with Crippen LogP contribution in [0.3, 0.4) is 0 Å². The van der Waals surface area contributed by atoms with E-state index in [-0.39, 0.29) is 25.2 Å². The second-order valence-electron chi connectivity index (χ2n) is 4.56. The average molecular weight is 371 g/mol. The Balaban J connectivity index is 2.18. The molecule has 0 aromatic heterocycles. The van der Waals surface area contributed by atoms with E-state index in [1.165, 1.54) is 0 Å². The van der Waals surface area contributed by atoms with E-state index in [0.717, 1.165) is 4.47 Å². The molecule has 0 aliphatic carbocycles. The fraction of sp³-hybridized carbons (Fsp3) is 0.438. The monoisotopic (exact) mass is 370 g/mol. The van der Waals surface area contributed by atoms with Gasteiger partial charge in [-0.1, -0.05) is 28.1 Å². The molecule has 1 aromatic rings. The molecular weight excluding hydrogens is 352 g/mol. The lowest BCUT2D eigenvalue weighted by atomic mass is 10.1. The van der Waals surface area contributed by atoms with Crippen molar-refractivity contribution in [3.63, 3.8) is 0 Å². The number of hydrogen-bond donors (Lipinski definition) is 0. The molecule has 0 spiro atoms. The summed E-state index contributed by atoms with van der Waals surface area (Å²) in [6, 6.07) is 7.15. The quantitative estimate of drug-likeness (QED) is 0.379. The fourth-order valence-electron chi connectivity index (χ4n) is 1.73. The Hall–Kier alpha value is -1.69. The second-order valence-corrected chi connectivity index (χ2v) is 5.48. The normalized spacial score (nSPS) is 10.1. The smallest absolute Gasteiger partial charge is 0.306 e. The molecule has 0 heterocycles. The maximum atomic E-state index is 11.9. The highest BCUT2D eigenvalue weighted by Gasteiger charge is 2.10. The summed E-state index contributed by atoms with van der Waals surface area (Å²) in [5, 5.41) is 0. The van der Waals surface area contributed by atoms with E-state index in [9.17, 15) is 14.4 Å². The van der Waals surface area contributed by atoms with E-state index in [1.807, 2.05) is 6.07 Å². The van der Waals surface area contributed by atoms with Gasteiger partial charge in [-0.25, -0.2) is 0 Å². The molecule has 5 nitrogen and oxygen atoms in total. The lowest BCUT2D eigenvalue weighted by Crippen LogP contribution is -2.11. The second kappa shape index (κ2) is 10.1. The number of ketones is 1. The van der Waals surface area contributed by atoms with Crippen molar-refractivity contribution in [2.45, 2.75) is 32.6 Å². The Morgan fingerprint density at radius 3 is 2.36 bits per heavy atom. The zero-order valence-electron chi connectivity index (χ0n) is 12.5. The van der Waals surface area contributed by atoms with Gasteiger partial charge in [-0.3, -0.25) is 14.4 Å². The van der Waals surface area contributed by atoms with Gasteiger partial charge in [-0.2, -0.15) is 0 Å². The van der Waals surface area contributed by atoms with Gasteiger partial charge in [0.2, 0.25) is 0 Å². The van der Waals surface area contributed by atoms with Crippen LogP contribution in [0.5, 0.6) is 0 Å². The highest BCUT2D eigenvalue weighted by Crippen LogP contribution is 2.13. The van der Waals surface area contributed by atoms with Crippen molar-refractivity contribution < 1.29 is 23.9 Å². The van der Waals surface area contributed by atoms with Crippen molar-refractivity contribution in [3.05, 3.63) is 34.3 Å². The zero-order chi connectivity index (χ0) is 16.4. The van der Waals surface area contributed by atoms with Crippen LogP contribution in [-0.4, -0.2) is 30.9 Å². The van der Waals surface area contributed by atoms with Crippen molar-refractivity contribution in [3.8, 4) is 0 Å². The molecule has 0 radical (unpaired) electrons. The summed E-state index contributed by atoms with van der Waals surface area (Å²) in [4.78, 5) is 34.4. The predicted octanol–water partition coefficient (Wildman–Crippen LogP) is 3.30. The van der Waals surface area contributed by atoms with Gasteiger partial charge in [0.1, 0.15) is 0 Å². The number of esters is 2. The van der Waals surface area contributed by atoms with Gasteiger partial charge in [0.05, 0.1) is 26.1 Å². The molecule has 0 amide bonds. The Labute approximate surface area is 138 Å². The van der Waals surface area contributed by atoms with E-state index in [4.69, 9.17) is 9.47 Å². The molecule has 1 aromatic carbocycles. The first-order valence-electron chi connectivity index (χ1n) is 7.13. The topological polar surface area (TPSA) is 69.7 Å². The van der Waals surface area contributed by atoms with E-state index < -0.39 is 11.9 Å². The predicted molar refractivity (Wildman–Crippen MR) is 84.5 cm³/mol. The number of carbonyl (C=O) groups excluding carboxylic acids is 3. The summed E-state index contributed by atoms with van der Waals surface area (Å²) in [6.07, 6.45) is 0.778. The summed E-state index contributed by atoms with van der Waals surface area (Å²) in [6.45, 7) is 2.17. The Kier molecular flexibility index (Phi) is 8.43. The summed E-state index contributed by atoms with van der Waals surface area (Å²) in [5.74, 6) is -0.865. The molecule has 120 valence electrons. The Morgan fingerprint density at radius 2 is 1.73 bits per heavy atom. The Morgan fingerprint density at radius 1 is 1.05 bits per heavy atom. The standard InChI is InChI=1S/C16H19BrO5/c1-2-21-15(19)8-9-16(20)22-10-4-7-14(18)12-5-3-6-13(17)11-12/h3,5-6,11H,2,4,7-10H2,1H3. The minimum absolute atomic E-state index is 0.00158. The first-order valence-corrected chi connectivity index (χ1v) is 7.92. The minimum Gasteiger partial charge on any atom is -0.466 e. The van der Waals surface area contributed by atoms with Gasteiger partial charge in [0, 0.05) is 16.5 Å². The largest absolute Gasteiger partial charge is 0.466 e. The van der Waals surface area contributed by atoms with Crippen LogP contribution in [0.15, 0.2) is 28.7 Å². The van der Waals surface area contributed by atoms with Crippen LogP contribution in [0.25, 0.3) is 0 Å². The molecule has 0 N–H and O–H groups in total. The number of hydrogen-bond acceptors (Lipinski definition) is 5. The molecule has 0 aliphatic rings. The van der Waals surface area contributed by atoms with Crippen molar-refractivity contribution in [1.82, 2.24) is 0 Å². The van der Waals surface area contributed by atoms with Gasteiger partial charge >= 0.3 is 11.9 Å². The third-order valence-corrected chi connectivity index (χ3v) is 3.29. The van der Waals surface area contributed by atoms with Crippen LogP contribution in [0.2, 0.25) is 0 Å². The van der Waals surface area contributed by atoms with Crippen LogP contribution < -0.4 is 0 Å². The van der Waals surface area contributed by atoms with Gasteiger partial charge in [-0.05, 0) is 25.5 Å². The molecule has 0 unspecified atom stereocenters. The molecule has 0 saturated carbocycles. The number of Topliss-reactive ketones (excluding diaryl/α,β-unsaturated/α-hetero) is 1. The third kappa shape index (κ3) is 7.36. The summed E-state index contributed by atoms with van der Waals surface area (Å²) >= 11 is 3.31. The average Bonchev–Trinajstić information content (AvgIpc) is 2.49. The SMILES string of the molecule is CCOC(=O)CCC(=O)OCCCC(=O)c1cccc(Br)c1. The van der Waals surface area contributed by atoms with E-state index in [1.54, 1.807) is 25.1 Å². The highest BCUT2D eigenvalue weighted by atomic mass is 79.9. The first kappa shape index (κ1) is 18.4. The molecule has 0 atom stereocenters. The van der Waals surface area contributed by atoms with Crippen molar-refractivity contribution in [1.29, 1.82) is 0 Å². The molecule has 6 heteroatoms. The van der Waals surface area contributed by atoms with Gasteiger partial charge < -0.3 is 9.47 Å². The molecule has 22 heavy (non-hydrogen) atoms. The van der Waals surface area contributed by atoms with Crippen molar-refractivity contribution in [2.24, 2.45) is 0 Å². The summed E-state index contributed by atoms with van der Waals surface area (Å²) in [7, 11) is 0. The van der Waals surface area contributed by atoms with Crippen LogP contribution in [0.4, 0.5) is 0 Å². The highest BCUT2D eigenvalue weighted by molar-refractivity contribution is 9.10. The number of ether oxygens (including phenoxy) is 2. The summed E-state index contributed by atoms with van der Waals surface area (Å²) < 4.78 is 10.5. The minimum atomic E-state index is -0.456. The third-order valence-electron chi connectivity index (χ3n) is 2.80.